The van der Waals surface area contributed by atoms with Crippen LogP contribution in [-0.2, 0) is 6.54 Å². The third kappa shape index (κ3) is 1.74. The van der Waals surface area contributed by atoms with Gasteiger partial charge in [-0.05, 0) is 25.3 Å². The van der Waals surface area contributed by atoms with Crippen molar-refractivity contribution in [3.05, 3.63) is 45.5 Å². The third-order valence-corrected chi connectivity index (χ3v) is 3.71. The number of hydrogen-bond acceptors (Lipinski definition) is 5. The summed E-state index contributed by atoms with van der Waals surface area (Å²) in [4.78, 5) is 20.6. The lowest BCUT2D eigenvalue weighted by atomic mass is 10.4. The first-order chi connectivity index (χ1) is 8.65. The molecular formula is C12H11N3O2S. The van der Waals surface area contributed by atoms with E-state index in [2.05, 4.69) is 9.97 Å². The Kier molecular flexibility index (Phi) is 2.52. The number of hydrogen-bond donors (Lipinski definition) is 0. The fraction of sp³-hybridized carbons (Fsp3) is 0.250. The number of rotatable bonds is 2. The number of aryl methyl sites for hydroxylation is 2. The largest absolute Gasteiger partial charge is 0.444 e. The first-order valence-electron chi connectivity index (χ1n) is 5.50. The maximum absolute atomic E-state index is 12.1. The highest BCUT2D eigenvalue weighted by Gasteiger charge is 2.09. The maximum atomic E-state index is 12.1. The van der Waals surface area contributed by atoms with E-state index in [1.165, 1.54) is 22.2 Å². The summed E-state index contributed by atoms with van der Waals surface area (Å²) in [6.45, 7) is 4.05. The van der Waals surface area contributed by atoms with Gasteiger partial charge in [-0.25, -0.2) is 9.97 Å². The predicted molar refractivity (Wildman–Crippen MR) is 69.0 cm³/mol. The molecule has 0 atom stereocenters. The predicted octanol–water partition coefficient (Wildman–Crippen LogP) is 2.11. The Labute approximate surface area is 107 Å². The minimum absolute atomic E-state index is 0.0523. The van der Waals surface area contributed by atoms with Crippen LogP contribution in [0.5, 0.6) is 0 Å². The van der Waals surface area contributed by atoms with Crippen LogP contribution in [0.3, 0.4) is 0 Å². The number of fused-ring (bicyclic) bond motifs is 1. The van der Waals surface area contributed by atoms with Crippen molar-refractivity contribution in [2.24, 2.45) is 0 Å². The second kappa shape index (κ2) is 4.06. The maximum Gasteiger partial charge on any atom is 0.271 e. The fourth-order valence-corrected chi connectivity index (χ4v) is 2.54. The summed E-state index contributed by atoms with van der Waals surface area (Å²) in [6, 6.07) is 1.84. The molecule has 0 amide bonds. The summed E-state index contributed by atoms with van der Waals surface area (Å²) in [5.74, 6) is 1.31. The molecule has 5 nitrogen and oxygen atoms in total. The van der Waals surface area contributed by atoms with Crippen molar-refractivity contribution < 1.29 is 4.42 Å². The lowest BCUT2D eigenvalue weighted by molar-refractivity contribution is 0.453. The van der Waals surface area contributed by atoms with Gasteiger partial charge in [0.25, 0.3) is 5.56 Å². The molecule has 3 aromatic rings. The highest BCUT2D eigenvalue weighted by atomic mass is 32.1. The van der Waals surface area contributed by atoms with Gasteiger partial charge in [0.05, 0.1) is 17.5 Å². The van der Waals surface area contributed by atoms with Gasteiger partial charge in [0.15, 0.2) is 0 Å². The number of nitrogens with zero attached hydrogens (tertiary/aromatic N) is 3. The molecule has 0 aliphatic rings. The van der Waals surface area contributed by atoms with Crippen LogP contribution in [0.15, 0.2) is 27.0 Å². The highest BCUT2D eigenvalue weighted by molar-refractivity contribution is 7.17. The van der Waals surface area contributed by atoms with Gasteiger partial charge in [0.1, 0.15) is 17.0 Å². The Morgan fingerprint density at radius 2 is 2.28 bits per heavy atom. The first-order valence-corrected chi connectivity index (χ1v) is 6.38. The molecule has 0 radical (unpaired) electrons. The summed E-state index contributed by atoms with van der Waals surface area (Å²) < 4.78 is 7.65. The minimum Gasteiger partial charge on any atom is -0.444 e. The van der Waals surface area contributed by atoms with Crippen LogP contribution in [0, 0.1) is 13.8 Å². The van der Waals surface area contributed by atoms with Crippen molar-refractivity contribution in [1.82, 2.24) is 14.5 Å². The molecule has 3 heterocycles. The molecule has 0 bridgehead atoms. The standard InChI is InChI=1S/C12H11N3O2S/c1-7-8(2)17-10(14-7)5-15-6-13-9-3-4-18-11(9)12(15)16/h3-4,6H,5H2,1-2H3. The Bertz CT molecular complexity index is 750. The van der Waals surface area contributed by atoms with E-state index in [9.17, 15) is 4.79 Å². The zero-order valence-corrected chi connectivity index (χ0v) is 10.8. The van der Waals surface area contributed by atoms with Gasteiger partial charge < -0.3 is 4.42 Å². The molecule has 0 saturated carbocycles. The summed E-state index contributed by atoms with van der Waals surface area (Å²) in [6.07, 6.45) is 1.53. The smallest absolute Gasteiger partial charge is 0.271 e. The Balaban J connectivity index is 2.04. The average Bonchev–Trinajstić information content (AvgIpc) is 2.91. The molecule has 92 valence electrons. The van der Waals surface area contributed by atoms with Crippen molar-refractivity contribution >= 4 is 21.6 Å². The molecule has 18 heavy (non-hydrogen) atoms. The van der Waals surface area contributed by atoms with E-state index in [-0.39, 0.29) is 5.56 Å². The van der Waals surface area contributed by atoms with Crippen molar-refractivity contribution in [3.63, 3.8) is 0 Å². The highest BCUT2D eigenvalue weighted by Crippen LogP contribution is 2.14. The zero-order chi connectivity index (χ0) is 12.7. The van der Waals surface area contributed by atoms with E-state index >= 15 is 0 Å². The topological polar surface area (TPSA) is 60.9 Å². The quantitative estimate of drug-likeness (QED) is 0.709. The van der Waals surface area contributed by atoms with Gasteiger partial charge in [0.2, 0.25) is 5.89 Å². The molecule has 0 aliphatic carbocycles. The zero-order valence-electron chi connectivity index (χ0n) is 10.0. The molecule has 0 aromatic carbocycles. The van der Waals surface area contributed by atoms with Crippen LogP contribution in [0.4, 0.5) is 0 Å². The molecule has 0 N–H and O–H groups in total. The van der Waals surface area contributed by atoms with Crippen LogP contribution in [0.2, 0.25) is 0 Å². The summed E-state index contributed by atoms with van der Waals surface area (Å²) >= 11 is 1.40. The van der Waals surface area contributed by atoms with E-state index in [1.807, 2.05) is 25.3 Å². The lowest BCUT2D eigenvalue weighted by Crippen LogP contribution is -2.20. The van der Waals surface area contributed by atoms with Gasteiger partial charge in [-0.15, -0.1) is 11.3 Å². The molecule has 3 aromatic heterocycles. The minimum atomic E-state index is -0.0523. The molecule has 0 unspecified atom stereocenters. The monoisotopic (exact) mass is 261 g/mol. The van der Waals surface area contributed by atoms with Crippen molar-refractivity contribution in [2.75, 3.05) is 0 Å². The Morgan fingerprint density at radius 1 is 1.44 bits per heavy atom. The summed E-state index contributed by atoms with van der Waals surface area (Å²) in [7, 11) is 0. The number of aromatic nitrogens is 3. The van der Waals surface area contributed by atoms with Crippen LogP contribution in [0.25, 0.3) is 10.2 Å². The van der Waals surface area contributed by atoms with Crippen LogP contribution in [-0.4, -0.2) is 14.5 Å². The molecule has 0 spiro atoms. The molecule has 0 saturated heterocycles. The lowest BCUT2D eigenvalue weighted by Gasteiger charge is -2.01. The number of thiophene rings is 1. The van der Waals surface area contributed by atoms with E-state index < -0.39 is 0 Å². The fourth-order valence-electron chi connectivity index (χ4n) is 1.74. The van der Waals surface area contributed by atoms with E-state index in [1.54, 1.807) is 0 Å². The SMILES string of the molecule is Cc1nc(Cn2cnc3ccsc3c2=O)oc1C. The van der Waals surface area contributed by atoms with Gasteiger partial charge in [-0.1, -0.05) is 0 Å². The van der Waals surface area contributed by atoms with Gasteiger partial charge in [-0.3, -0.25) is 9.36 Å². The van der Waals surface area contributed by atoms with Crippen LogP contribution in [0.1, 0.15) is 17.3 Å². The number of oxazole rings is 1. The molecule has 6 heteroatoms. The second-order valence-electron chi connectivity index (χ2n) is 4.06. The van der Waals surface area contributed by atoms with E-state index in [0.29, 0.717) is 17.1 Å². The Hall–Kier alpha value is -1.95. The van der Waals surface area contributed by atoms with Gasteiger partial charge in [0, 0.05) is 0 Å². The van der Waals surface area contributed by atoms with Crippen molar-refractivity contribution in [2.45, 2.75) is 20.4 Å². The Morgan fingerprint density at radius 3 is 3.00 bits per heavy atom. The normalized spacial score (nSPS) is 11.2. The van der Waals surface area contributed by atoms with E-state index in [4.69, 9.17) is 4.42 Å². The molecule has 0 aliphatic heterocycles. The molecular weight excluding hydrogens is 250 g/mol. The van der Waals surface area contributed by atoms with Crippen molar-refractivity contribution in [3.8, 4) is 0 Å². The van der Waals surface area contributed by atoms with Crippen LogP contribution >= 0.6 is 11.3 Å². The summed E-state index contributed by atoms with van der Waals surface area (Å²) in [5, 5.41) is 1.86. The average molecular weight is 261 g/mol. The summed E-state index contributed by atoms with van der Waals surface area (Å²) in [5.41, 5.74) is 1.53. The molecule has 3 rings (SSSR count). The van der Waals surface area contributed by atoms with Gasteiger partial charge in [-0.2, -0.15) is 0 Å². The van der Waals surface area contributed by atoms with E-state index in [0.717, 1.165) is 17.0 Å². The first kappa shape index (κ1) is 11.2. The van der Waals surface area contributed by atoms with Crippen LogP contribution < -0.4 is 5.56 Å². The third-order valence-electron chi connectivity index (χ3n) is 2.81. The van der Waals surface area contributed by atoms with Crippen molar-refractivity contribution in [1.29, 1.82) is 0 Å². The van der Waals surface area contributed by atoms with Gasteiger partial charge >= 0.3 is 0 Å². The molecule has 0 fully saturated rings. The second-order valence-corrected chi connectivity index (χ2v) is 4.98.